The molecule has 2 aromatic rings. The number of nitrogens with one attached hydrogen (secondary N) is 1. The lowest BCUT2D eigenvalue weighted by atomic mass is 10.1. The molecule has 1 aliphatic rings. The van der Waals surface area contributed by atoms with E-state index in [9.17, 15) is 9.59 Å². The average Bonchev–Trinajstić information content (AvgIpc) is 3.36. The van der Waals surface area contributed by atoms with Crippen LogP contribution in [0.5, 0.6) is 17.2 Å². The lowest BCUT2D eigenvalue weighted by molar-refractivity contribution is -0.143. The zero-order valence-electron chi connectivity index (χ0n) is 19.7. The van der Waals surface area contributed by atoms with Crippen LogP contribution in [0.2, 0.25) is 0 Å². The van der Waals surface area contributed by atoms with Gasteiger partial charge < -0.3 is 24.4 Å². The third-order valence-corrected chi connectivity index (χ3v) is 6.02. The van der Waals surface area contributed by atoms with E-state index in [1.54, 1.807) is 43.4 Å². The molecule has 0 spiro atoms. The highest BCUT2D eigenvalue weighted by molar-refractivity contribution is 5.88. The molecule has 7 nitrogen and oxygen atoms in total. The van der Waals surface area contributed by atoms with E-state index in [2.05, 4.69) is 5.32 Å². The van der Waals surface area contributed by atoms with Crippen molar-refractivity contribution in [2.75, 3.05) is 20.8 Å². The van der Waals surface area contributed by atoms with E-state index in [4.69, 9.17) is 14.2 Å². The third-order valence-electron chi connectivity index (χ3n) is 6.02. The highest BCUT2D eigenvalue weighted by Gasteiger charge is 2.30. The predicted octanol–water partition coefficient (Wildman–Crippen LogP) is 3.95. The summed E-state index contributed by atoms with van der Waals surface area (Å²) in [7, 11) is 3.21. The second-order valence-corrected chi connectivity index (χ2v) is 8.25. The Morgan fingerprint density at radius 2 is 1.48 bits per heavy atom. The molecule has 1 fully saturated rings. The topological polar surface area (TPSA) is 77.1 Å². The summed E-state index contributed by atoms with van der Waals surface area (Å²) in [4.78, 5) is 28.0. The van der Waals surface area contributed by atoms with Crippen LogP contribution in [-0.2, 0) is 16.1 Å². The first-order valence-corrected chi connectivity index (χ1v) is 11.5. The van der Waals surface area contributed by atoms with Crippen molar-refractivity contribution in [2.45, 2.75) is 57.7 Å². The molecule has 0 unspecified atom stereocenters. The van der Waals surface area contributed by atoms with Gasteiger partial charge in [-0.3, -0.25) is 9.59 Å². The number of nitrogens with zero attached hydrogens (tertiary/aromatic N) is 1. The molecule has 0 aromatic heterocycles. The van der Waals surface area contributed by atoms with Gasteiger partial charge in [0, 0.05) is 12.6 Å². The monoisotopic (exact) mass is 454 g/mol. The van der Waals surface area contributed by atoms with Gasteiger partial charge in [0.05, 0.1) is 14.2 Å². The van der Waals surface area contributed by atoms with E-state index in [0.717, 1.165) is 37.0 Å². The Balaban J connectivity index is 1.74. The first-order chi connectivity index (χ1) is 16.0. The Morgan fingerprint density at radius 3 is 2.03 bits per heavy atom. The summed E-state index contributed by atoms with van der Waals surface area (Å²) in [5, 5.41) is 3.15. The number of methoxy groups -OCH3 is 2. The SMILES string of the molecule is CC[C@@H](C(=O)NC1CCCC1)N(Cc1ccc(OC)cc1)C(=O)COc1ccc(OC)cc1. The third kappa shape index (κ3) is 6.88. The summed E-state index contributed by atoms with van der Waals surface area (Å²) in [5.74, 6) is 1.68. The summed E-state index contributed by atoms with van der Waals surface area (Å²) in [6.45, 7) is 2.08. The Labute approximate surface area is 196 Å². The maximum Gasteiger partial charge on any atom is 0.261 e. The van der Waals surface area contributed by atoms with Gasteiger partial charge in [0.15, 0.2) is 6.61 Å². The van der Waals surface area contributed by atoms with E-state index in [1.165, 1.54) is 0 Å². The highest BCUT2D eigenvalue weighted by atomic mass is 16.5. The number of carbonyl (C=O) groups excluding carboxylic acids is 2. The van der Waals surface area contributed by atoms with Crippen LogP contribution >= 0.6 is 0 Å². The fraction of sp³-hybridized carbons (Fsp3) is 0.462. The Morgan fingerprint density at radius 1 is 0.939 bits per heavy atom. The predicted molar refractivity (Wildman–Crippen MR) is 127 cm³/mol. The molecule has 2 amide bonds. The molecule has 33 heavy (non-hydrogen) atoms. The Bertz CT molecular complexity index is 892. The number of benzene rings is 2. The number of carbonyl (C=O) groups is 2. The summed E-state index contributed by atoms with van der Waals surface area (Å²) in [6, 6.07) is 14.2. The standard InChI is InChI=1S/C26H34N2O5/c1-4-24(26(30)27-20-7-5-6-8-20)28(17-19-9-11-21(31-2)12-10-19)25(29)18-33-23-15-13-22(32-3)14-16-23/h9-16,20,24H,4-8,17-18H2,1-3H3,(H,27,30)/t24-/m0/s1. The first kappa shape index (κ1) is 24.4. The van der Waals surface area contributed by atoms with Crippen LogP contribution in [0.1, 0.15) is 44.6 Å². The maximum absolute atomic E-state index is 13.3. The number of ether oxygens (including phenoxy) is 3. The molecule has 178 valence electrons. The van der Waals surface area contributed by atoms with Crippen molar-refractivity contribution in [1.29, 1.82) is 0 Å². The largest absolute Gasteiger partial charge is 0.497 e. The van der Waals surface area contributed by atoms with Crippen molar-refractivity contribution in [3.05, 3.63) is 54.1 Å². The van der Waals surface area contributed by atoms with E-state index in [1.807, 2.05) is 31.2 Å². The van der Waals surface area contributed by atoms with Crippen LogP contribution in [-0.4, -0.2) is 49.6 Å². The van der Waals surface area contributed by atoms with E-state index >= 15 is 0 Å². The molecule has 1 N–H and O–H groups in total. The molecule has 7 heteroatoms. The minimum atomic E-state index is -0.570. The second-order valence-electron chi connectivity index (χ2n) is 8.25. The summed E-state index contributed by atoms with van der Waals surface area (Å²) in [6.07, 6.45) is 4.77. The van der Waals surface area contributed by atoms with Crippen molar-refractivity contribution in [2.24, 2.45) is 0 Å². The van der Waals surface area contributed by atoms with E-state index in [-0.39, 0.29) is 24.5 Å². The van der Waals surface area contributed by atoms with Crippen molar-refractivity contribution in [3.63, 3.8) is 0 Å². The van der Waals surface area contributed by atoms with Crippen molar-refractivity contribution < 1.29 is 23.8 Å². The highest BCUT2D eigenvalue weighted by Crippen LogP contribution is 2.21. The van der Waals surface area contributed by atoms with Crippen molar-refractivity contribution in [1.82, 2.24) is 10.2 Å². The zero-order chi connectivity index (χ0) is 23.6. The van der Waals surface area contributed by atoms with Gasteiger partial charge in [-0.15, -0.1) is 0 Å². The van der Waals surface area contributed by atoms with E-state index in [0.29, 0.717) is 24.5 Å². The minimum absolute atomic E-state index is 0.101. The maximum atomic E-state index is 13.3. The average molecular weight is 455 g/mol. The molecule has 2 aromatic carbocycles. The fourth-order valence-corrected chi connectivity index (χ4v) is 4.11. The molecule has 1 aliphatic carbocycles. The van der Waals surface area contributed by atoms with Crippen LogP contribution in [0.3, 0.4) is 0 Å². The molecule has 0 heterocycles. The van der Waals surface area contributed by atoms with Gasteiger partial charge in [-0.2, -0.15) is 0 Å². The fourth-order valence-electron chi connectivity index (χ4n) is 4.11. The molecule has 0 bridgehead atoms. The number of hydrogen-bond donors (Lipinski definition) is 1. The molecule has 3 rings (SSSR count). The molecule has 1 saturated carbocycles. The summed E-state index contributed by atoms with van der Waals surface area (Å²) >= 11 is 0. The molecule has 0 radical (unpaired) electrons. The van der Waals surface area contributed by atoms with Gasteiger partial charge in [0.1, 0.15) is 23.3 Å². The van der Waals surface area contributed by atoms with Gasteiger partial charge in [0.2, 0.25) is 5.91 Å². The van der Waals surface area contributed by atoms with Crippen LogP contribution in [0, 0.1) is 0 Å². The smallest absolute Gasteiger partial charge is 0.261 e. The number of amides is 2. The van der Waals surface area contributed by atoms with Gasteiger partial charge in [0.25, 0.3) is 5.91 Å². The molecular weight excluding hydrogens is 420 g/mol. The summed E-state index contributed by atoms with van der Waals surface area (Å²) < 4.78 is 16.1. The molecule has 1 atom stereocenters. The van der Waals surface area contributed by atoms with Crippen LogP contribution in [0.15, 0.2) is 48.5 Å². The van der Waals surface area contributed by atoms with Crippen molar-refractivity contribution in [3.8, 4) is 17.2 Å². The van der Waals surface area contributed by atoms with Crippen LogP contribution in [0.25, 0.3) is 0 Å². The number of rotatable bonds is 11. The molecule has 0 saturated heterocycles. The molecule has 0 aliphatic heterocycles. The number of hydrogen-bond acceptors (Lipinski definition) is 5. The second kappa shape index (κ2) is 12.1. The lowest BCUT2D eigenvalue weighted by Gasteiger charge is -2.31. The van der Waals surface area contributed by atoms with Gasteiger partial charge >= 0.3 is 0 Å². The minimum Gasteiger partial charge on any atom is -0.497 e. The van der Waals surface area contributed by atoms with Gasteiger partial charge in [-0.1, -0.05) is 31.9 Å². The van der Waals surface area contributed by atoms with Crippen LogP contribution < -0.4 is 19.5 Å². The quantitative estimate of drug-likeness (QED) is 0.556. The van der Waals surface area contributed by atoms with Crippen LogP contribution in [0.4, 0.5) is 0 Å². The first-order valence-electron chi connectivity index (χ1n) is 11.5. The van der Waals surface area contributed by atoms with Gasteiger partial charge in [-0.25, -0.2) is 0 Å². The normalized spacial score (nSPS) is 14.4. The summed E-state index contributed by atoms with van der Waals surface area (Å²) in [5.41, 5.74) is 0.917. The Hall–Kier alpha value is -3.22. The Kier molecular flexibility index (Phi) is 8.98. The van der Waals surface area contributed by atoms with Crippen molar-refractivity contribution >= 4 is 11.8 Å². The van der Waals surface area contributed by atoms with Gasteiger partial charge in [-0.05, 0) is 61.2 Å². The van der Waals surface area contributed by atoms with E-state index < -0.39 is 6.04 Å². The lowest BCUT2D eigenvalue weighted by Crippen LogP contribution is -2.52. The zero-order valence-corrected chi connectivity index (χ0v) is 19.7. The molecular formula is C26H34N2O5.